The Morgan fingerprint density at radius 3 is 2.38 bits per heavy atom. The van der Waals surface area contributed by atoms with Gasteiger partial charge in [0.2, 0.25) is 0 Å². The van der Waals surface area contributed by atoms with Crippen molar-refractivity contribution in [3.63, 3.8) is 0 Å². The van der Waals surface area contributed by atoms with Crippen molar-refractivity contribution in [2.24, 2.45) is 0 Å². The Labute approximate surface area is 125 Å². The van der Waals surface area contributed by atoms with Gasteiger partial charge in [-0.05, 0) is 47.7 Å². The number of halogens is 1. The summed E-state index contributed by atoms with van der Waals surface area (Å²) in [5.74, 6) is 1.22. The van der Waals surface area contributed by atoms with Gasteiger partial charge in [0.25, 0.3) is 0 Å². The maximum absolute atomic E-state index is 13.6. The lowest BCUT2D eigenvalue weighted by Crippen LogP contribution is -1.98. The molecule has 2 nitrogen and oxygen atoms in total. The first-order valence-corrected chi connectivity index (χ1v) is 7.19. The van der Waals surface area contributed by atoms with Gasteiger partial charge in [0.15, 0.2) is 11.6 Å². The highest BCUT2D eigenvalue weighted by Gasteiger charge is 2.05. The van der Waals surface area contributed by atoms with E-state index in [0.717, 1.165) is 17.7 Å². The van der Waals surface area contributed by atoms with Gasteiger partial charge in [-0.15, -0.1) is 0 Å². The zero-order valence-corrected chi connectivity index (χ0v) is 12.7. The SMILES string of the molecule is CCC(C)c1ccc(OCc2ccc(OC)c(F)c2)cc1. The number of ether oxygens (including phenoxy) is 2. The highest BCUT2D eigenvalue weighted by atomic mass is 19.1. The van der Waals surface area contributed by atoms with E-state index in [1.54, 1.807) is 12.1 Å². The highest BCUT2D eigenvalue weighted by Crippen LogP contribution is 2.23. The van der Waals surface area contributed by atoms with Crippen molar-refractivity contribution in [1.82, 2.24) is 0 Å². The Morgan fingerprint density at radius 2 is 1.81 bits per heavy atom. The Morgan fingerprint density at radius 1 is 1.10 bits per heavy atom. The Kier molecular flexibility index (Phi) is 5.20. The average Bonchev–Trinajstić information content (AvgIpc) is 2.52. The second-order valence-electron chi connectivity index (χ2n) is 5.14. The molecule has 21 heavy (non-hydrogen) atoms. The van der Waals surface area contributed by atoms with E-state index in [2.05, 4.69) is 26.0 Å². The number of benzene rings is 2. The van der Waals surface area contributed by atoms with Crippen LogP contribution in [0.2, 0.25) is 0 Å². The van der Waals surface area contributed by atoms with E-state index < -0.39 is 0 Å². The predicted molar refractivity (Wildman–Crippen MR) is 82.4 cm³/mol. The van der Waals surface area contributed by atoms with Gasteiger partial charge in [-0.3, -0.25) is 0 Å². The normalized spacial score (nSPS) is 12.0. The van der Waals surface area contributed by atoms with Crippen molar-refractivity contribution in [1.29, 1.82) is 0 Å². The molecule has 112 valence electrons. The minimum atomic E-state index is -0.370. The van der Waals surface area contributed by atoms with Gasteiger partial charge in [0.1, 0.15) is 12.4 Å². The smallest absolute Gasteiger partial charge is 0.165 e. The molecule has 0 bridgehead atoms. The molecule has 3 heteroatoms. The van der Waals surface area contributed by atoms with Crippen LogP contribution in [0.1, 0.15) is 37.3 Å². The summed E-state index contributed by atoms with van der Waals surface area (Å²) >= 11 is 0. The fraction of sp³-hybridized carbons (Fsp3) is 0.333. The first-order valence-electron chi connectivity index (χ1n) is 7.19. The van der Waals surface area contributed by atoms with Crippen LogP contribution in [0.3, 0.4) is 0 Å². The molecule has 2 aromatic rings. The van der Waals surface area contributed by atoms with E-state index in [1.807, 2.05) is 12.1 Å². The third kappa shape index (κ3) is 3.97. The summed E-state index contributed by atoms with van der Waals surface area (Å²) in [5, 5.41) is 0. The first-order chi connectivity index (χ1) is 10.1. The Balaban J connectivity index is 1.98. The number of methoxy groups -OCH3 is 1. The van der Waals surface area contributed by atoms with Crippen LogP contribution in [0.4, 0.5) is 4.39 Å². The average molecular weight is 288 g/mol. The molecule has 1 atom stereocenters. The predicted octanol–water partition coefficient (Wildman–Crippen LogP) is 4.93. The standard InChI is InChI=1S/C18H21FO2/c1-4-13(2)15-6-8-16(9-7-15)21-12-14-5-10-18(20-3)17(19)11-14/h5-11,13H,4,12H2,1-3H3. The van der Waals surface area contributed by atoms with E-state index >= 15 is 0 Å². The van der Waals surface area contributed by atoms with Gasteiger partial charge in [0, 0.05) is 0 Å². The molecule has 0 aliphatic carbocycles. The van der Waals surface area contributed by atoms with Crippen LogP contribution in [0.5, 0.6) is 11.5 Å². The summed E-state index contributed by atoms with van der Waals surface area (Å²) in [6.07, 6.45) is 1.12. The lowest BCUT2D eigenvalue weighted by atomic mass is 9.99. The highest BCUT2D eigenvalue weighted by molar-refractivity contribution is 5.31. The second-order valence-corrected chi connectivity index (χ2v) is 5.14. The maximum Gasteiger partial charge on any atom is 0.165 e. The summed E-state index contributed by atoms with van der Waals surface area (Å²) in [4.78, 5) is 0. The third-order valence-corrected chi connectivity index (χ3v) is 3.68. The van der Waals surface area contributed by atoms with E-state index in [1.165, 1.54) is 18.7 Å². The van der Waals surface area contributed by atoms with Crippen LogP contribution in [0.25, 0.3) is 0 Å². The maximum atomic E-state index is 13.6. The van der Waals surface area contributed by atoms with Crippen molar-refractivity contribution in [3.05, 3.63) is 59.4 Å². The number of rotatable bonds is 6. The van der Waals surface area contributed by atoms with Gasteiger partial charge in [-0.1, -0.05) is 32.0 Å². The monoisotopic (exact) mass is 288 g/mol. The molecule has 0 spiro atoms. The molecule has 1 unspecified atom stereocenters. The molecule has 0 saturated heterocycles. The summed E-state index contributed by atoms with van der Waals surface area (Å²) in [6, 6.07) is 12.9. The van der Waals surface area contributed by atoms with Crippen molar-refractivity contribution in [2.45, 2.75) is 32.8 Å². The van der Waals surface area contributed by atoms with Crippen molar-refractivity contribution < 1.29 is 13.9 Å². The van der Waals surface area contributed by atoms with Crippen molar-refractivity contribution in [3.8, 4) is 11.5 Å². The molecule has 0 aliphatic rings. The van der Waals surface area contributed by atoms with Crippen LogP contribution < -0.4 is 9.47 Å². The van der Waals surface area contributed by atoms with Gasteiger partial charge < -0.3 is 9.47 Å². The molecule has 0 N–H and O–H groups in total. The topological polar surface area (TPSA) is 18.5 Å². The van der Waals surface area contributed by atoms with Crippen LogP contribution in [0.15, 0.2) is 42.5 Å². The minimum absolute atomic E-state index is 0.247. The first kappa shape index (κ1) is 15.4. The van der Waals surface area contributed by atoms with Crippen LogP contribution in [-0.4, -0.2) is 7.11 Å². The summed E-state index contributed by atoms with van der Waals surface area (Å²) < 4.78 is 24.2. The number of hydrogen-bond acceptors (Lipinski definition) is 2. The van der Waals surface area contributed by atoms with Gasteiger partial charge in [0.05, 0.1) is 7.11 Å². The summed E-state index contributed by atoms with van der Waals surface area (Å²) in [7, 11) is 1.45. The van der Waals surface area contributed by atoms with E-state index in [9.17, 15) is 4.39 Å². The number of hydrogen-bond donors (Lipinski definition) is 0. The zero-order valence-electron chi connectivity index (χ0n) is 12.7. The van der Waals surface area contributed by atoms with Crippen LogP contribution >= 0.6 is 0 Å². The Bertz CT molecular complexity index is 578. The van der Waals surface area contributed by atoms with Crippen LogP contribution in [0, 0.1) is 5.82 Å². The lowest BCUT2D eigenvalue weighted by molar-refractivity contribution is 0.304. The van der Waals surface area contributed by atoms with E-state index in [0.29, 0.717) is 12.5 Å². The fourth-order valence-electron chi connectivity index (χ4n) is 2.09. The van der Waals surface area contributed by atoms with E-state index in [4.69, 9.17) is 9.47 Å². The molecule has 2 aromatic carbocycles. The Hall–Kier alpha value is -2.03. The van der Waals surface area contributed by atoms with Gasteiger partial charge >= 0.3 is 0 Å². The quantitative estimate of drug-likeness (QED) is 0.750. The largest absolute Gasteiger partial charge is 0.494 e. The third-order valence-electron chi connectivity index (χ3n) is 3.68. The van der Waals surface area contributed by atoms with Crippen molar-refractivity contribution >= 4 is 0 Å². The fourth-order valence-corrected chi connectivity index (χ4v) is 2.09. The molecule has 0 amide bonds. The molecule has 0 fully saturated rings. The molecule has 2 rings (SSSR count). The molecular weight excluding hydrogens is 267 g/mol. The summed E-state index contributed by atoms with van der Waals surface area (Å²) in [5.41, 5.74) is 2.08. The lowest BCUT2D eigenvalue weighted by Gasteiger charge is -2.11. The van der Waals surface area contributed by atoms with Gasteiger partial charge in [-0.25, -0.2) is 4.39 Å². The molecule has 0 saturated carbocycles. The molecule has 0 heterocycles. The van der Waals surface area contributed by atoms with Gasteiger partial charge in [-0.2, -0.15) is 0 Å². The molecule has 0 aromatic heterocycles. The minimum Gasteiger partial charge on any atom is -0.494 e. The molecule has 0 aliphatic heterocycles. The molecule has 0 radical (unpaired) electrons. The van der Waals surface area contributed by atoms with E-state index in [-0.39, 0.29) is 11.6 Å². The second kappa shape index (κ2) is 7.11. The summed E-state index contributed by atoms with van der Waals surface area (Å²) in [6.45, 7) is 4.72. The molecular formula is C18H21FO2. The van der Waals surface area contributed by atoms with Crippen molar-refractivity contribution in [2.75, 3.05) is 7.11 Å². The zero-order chi connectivity index (χ0) is 15.2. The van der Waals surface area contributed by atoms with Crippen LogP contribution in [-0.2, 0) is 6.61 Å².